The van der Waals surface area contributed by atoms with Crippen molar-refractivity contribution < 1.29 is 4.79 Å². The number of carbonyl (C=O) groups is 1. The number of nitrogens with one attached hydrogen (secondary N) is 1. The van der Waals surface area contributed by atoms with Crippen molar-refractivity contribution in [1.82, 2.24) is 15.2 Å². The zero-order valence-corrected chi connectivity index (χ0v) is 14.2. The summed E-state index contributed by atoms with van der Waals surface area (Å²) in [5, 5.41) is 4.34. The minimum absolute atomic E-state index is 0. The number of aryl methyl sites for hydroxylation is 1. The van der Waals surface area contributed by atoms with E-state index >= 15 is 0 Å². The van der Waals surface area contributed by atoms with Crippen LogP contribution in [0.5, 0.6) is 0 Å². The Balaban J connectivity index is 0.00000121. The van der Waals surface area contributed by atoms with E-state index in [4.69, 9.17) is 0 Å². The molecule has 1 aliphatic rings. The van der Waals surface area contributed by atoms with Crippen LogP contribution in [-0.2, 0) is 0 Å². The standard InChI is InChI=1S/C16H19N3O.2ClH/c1-12-6-7-13-4-2-5-14(15(13)18-12)16(20)19-10-3-8-17-9-11-19;;/h2,4-7,17H,3,8-11H2,1H3;2*1H. The van der Waals surface area contributed by atoms with Crippen molar-refractivity contribution in [3.8, 4) is 0 Å². The third kappa shape index (κ3) is 3.88. The second-order valence-corrected chi connectivity index (χ2v) is 5.23. The van der Waals surface area contributed by atoms with Gasteiger partial charge in [-0.1, -0.05) is 18.2 Å². The number of rotatable bonds is 1. The molecule has 0 spiro atoms. The van der Waals surface area contributed by atoms with Crippen molar-refractivity contribution in [3.05, 3.63) is 41.6 Å². The maximum atomic E-state index is 12.7. The Kier molecular flexibility index (Phi) is 7.07. The minimum atomic E-state index is 0. The van der Waals surface area contributed by atoms with Gasteiger partial charge in [0, 0.05) is 30.7 Å². The van der Waals surface area contributed by atoms with Crippen LogP contribution in [0.4, 0.5) is 0 Å². The lowest BCUT2D eigenvalue weighted by molar-refractivity contribution is 0.0768. The summed E-state index contributed by atoms with van der Waals surface area (Å²) in [5.74, 6) is 0.0948. The molecular weight excluding hydrogens is 321 g/mol. The molecule has 0 unspecified atom stereocenters. The van der Waals surface area contributed by atoms with E-state index in [-0.39, 0.29) is 30.7 Å². The van der Waals surface area contributed by atoms with Crippen LogP contribution in [0.2, 0.25) is 0 Å². The van der Waals surface area contributed by atoms with Gasteiger partial charge in [-0.2, -0.15) is 0 Å². The van der Waals surface area contributed by atoms with Crippen LogP contribution in [0.1, 0.15) is 22.5 Å². The fourth-order valence-corrected chi connectivity index (χ4v) is 2.64. The summed E-state index contributed by atoms with van der Waals surface area (Å²) >= 11 is 0. The molecule has 0 aliphatic carbocycles. The number of amides is 1. The number of benzene rings is 1. The Morgan fingerprint density at radius 2 is 1.95 bits per heavy atom. The number of hydrogen-bond donors (Lipinski definition) is 1. The average Bonchev–Trinajstić information content (AvgIpc) is 2.75. The number of carbonyl (C=O) groups excluding carboxylic acids is 1. The number of pyridine rings is 1. The maximum absolute atomic E-state index is 12.7. The Bertz CT molecular complexity index is 640. The summed E-state index contributed by atoms with van der Waals surface area (Å²) in [6.45, 7) is 5.38. The third-order valence-corrected chi connectivity index (χ3v) is 3.72. The van der Waals surface area contributed by atoms with Crippen molar-refractivity contribution in [2.24, 2.45) is 0 Å². The number of para-hydroxylation sites is 1. The quantitative estimate of drug-likeness (QED) is 0.867. The molecule has 1 fully saturated rings. The first-order valence-electron chi connectivity index (χ1n) is 7.12. The van der Waals surface area contributed by atoms with Crippen molar-refractivity contribution >= 4 is 41.6 Å². The number of hydrogen-bond acceptors (Lipinski definition) is 3. The van der Waals surface area contributed by atoms with Crippen LogP contribution in [0, 0.1) is 6.92 Å². The van der Waals surface area contributed by atoms with Crippen LogP contribution in [0.15, 0.2) is 30.3 Å². The molecule has 6 heteroatoms. The van der Waals surface area contributed by atoms with E-state index in [1.807, 2.05) is 42.2 Å². The number of nitrogens with zero attached hydrogens (tertiary/aromatic N) is 2. The fraction of sp³-hybridized carbons (Fsp3) is 0.375. The molecule has 22 heavy (non-hydrogen) atoms. The topological polar surface area (TPSA) is 45.2 Å². The molecule has 1 aromatic carbocycles. The molecule has 4 nitrogen and oxygen atoms in total. The lowest BCUT2D eigenvalue weighted by Gasteiger charge is -2.20. The molecule has 1 saturated heterocycles. The van der Waals surface area contributed by atoms with Crippen LogP contribution < -0.4 is 5.32 Å². The van der Waals surface area contributed by atoms with E-state index in [0.717, 1.165) is 49.2 Å². The minimum Gasteiger partial charge on any atom is -0.337 e. The van der Waals surface area contributed by atoms with E-state index < -0.39 is 0 Å². The Morgan fingerprint density at radius 1 is 1.14 bits per heavy atom. The van der Waals surface area contributed by atoms with Gasteiger partial charge in [-0.05, 0) is 32.0 Å². The Morgan fingerprint density at radius 3 is 2.77 bits per heavy atom. The van der Waals surface area contributed by atoms with Gasteiger partial charge in [-0.25, -0.2) is 0 Å². The Labute approximate surface area is 143 Å². The Hall–Kier alpha value is -1.36. The third-order valence-electron chi connectivity index (χ3n) is 3.72. The summed E-state index contributed by atoms with van der Waals surface area (Å²) in [4.78, 5) is 19.2. The van der Waals surface area contributed by atoms with Gasteiger partial charge in [0.05, 0.1) is 11.1 Å². The summed E-state index contributed by atoms with van der Waals surface area (Å²) in [5.41, 5.74) is 2.47. The molecule has 0 saturated carbocycles. The smallest absolute Gasteiger partial charge is 0.256 e. The molecule has 1 aromatic heterocycles. The highest BCUT2D eigenvalue weighted by Crippen LogP contribution is 2.19. The van der Waals surface area contributed by atoms with E-state index in [2.05, 4.69) is 10.3 Å². The second-order valence-electron chi connectivity index (χ2n) is 5.23. The molecular formula is C16H21Cl2N3O. The monoisotopic (exact) mass is 341 g/mol. The van der Waals surface area contributed by atoms with Gasteiger partial charge in [0.1, 0.15) is 0 Å². The van der Waals surface area contributed by atoms with E-state index in [9.17, 15) is 4.79 Å². The zero-order valence-electron chi connectivity index (χ0n) is 12.5. The number of fused-ring (bicyclic) bond motifs is 1. The van der Waals surface area contributed by atoms with Gasteiger partial charge in [-0.15, -0.1) is 24.8 Å². The van der Waals surface area contributed by atoms with Crippen molar-refractivity contribution in [2.45, 2.75) is 13.3 Å². The first-order chi connectivity index (χ1) is 9.75. The predicted molar refractivity (Wildman–Crippen MR) is 94.4 cm³/mol. The lowest BCUT2D eigenvalue weighted by atomic mass is 10.1. The fourth-order valence-electron chi connectivity index (χ4n) is 2.64. The molecule has 2 aromatic rings. The highest BCUT2D eigenvalue weighted by atomic mass is 35.5. The summed E-state index contributed by atoms with van der Waals surface area (Å²) in [6, 6.07) is 9.82. The van der Waals surface area contributed by atoms with Gasteiger partial charge in [0.15, 0.2) is 0 Å². The van der Waals surface area contributed by atoms with Crippen LogP contribution in [0.25, 0.3) is 10.9 Å². The lowest BCUT2D eigenvalue weighted by Crippen LogP contribution is -2.34. The number of aromatic nitrogens is 1. The van der Waals surface area contributed by atoms with Gasteiger partial charge in [0.2, 0.25) is 0 Å². The molecule has 2 heterocycles. The van der Waals surface area contributed by atoms with E-state index in [0.29, 0.717) is 5.56 Å². The average molecular weight is 342 g/mol. The second kappa shape index (κ2) is 8.32. The highest BCUT2D eigenvalue weighted by Gasteiger charge is 2.19. The first kappa shape index (κ1) is 18.7. The van der Waals surface area contributed by atoms with Crippen LogP contribution in [0.3, 0.4) is 0 Å². The van der Waals surface area contributed by atoms with Crippen LogP contribution in [-0.4, -0.2) is 42.0 Å². The maximum Gasteiger partial charge on any atom is 0.256 e. The van der Waals surface area contributed by atoms with Gasteiger partial charge in [-0.3, -0.25) is 9.78 Å². The van der Waals surface area contributed by atoms with Gasteiger partial charge >= 0.3 is 0 Å². The summed E-state index contributed by atoms with van der Waals surface area (Å²) in [7, 11) is 0. The summed E-state index contributed by atoms with van der Waals surface area (Å²) < 4.78 is 0. The van der Waals surface area contributed by atoms with E-state index in [1.165, 1.54) is 0 Å². The SMILES string of the molecule is Cc1ccc2cccc(C(=O)N3CCCNCC3)c2n1.Cl.Cl. The highest BCUT2D eigenvalue weighted by molar-refractivity contribution is 6.05. The molecule has 0 bridgehead atoms. The van der Waals surface area contributed by atoms with Crippen molar-refractivity contribution in [3.63, 3.8) is 0 Å². The summed E-state index contributed by atoms with van der Waals surface area (Å²) in [6.07, 6.45) is 1.00. The van der Waals surface area contributed by atoms with Crippen molar-refractivity contribution in [2.75, 3.05) is 26.2 Å². The molecule has 3 rings (SSSR count). The van der Waals surface area contributed by atoms with Gasteiger partial charge in [0.25, 0.3) is 5.91 Å². The van der Waals surface area contributed by atoms with Crippen LogP contribution >= 0.6 is 24.8 Å². The molecule has 1 amide bonds. The zero-order chi connectivity index (χ0) is 13.9. The van der Waals surface area contributed by atoms with E-state index in [1.54, 1.807) is 0 Å². The van der Waals surface area contributed by atoms with Gasteiger partial charge < -0.3 is 10.2 Å². The molecule has 1 N–H and O–H groups in total. The normalized spacial score (nSPS) is 14.7. The molecule has 0 atom stereocenters. The first-order valence-corrected chi connectivity index (χ1v) is 7.12. The molecule has 120 valence electrons. The number of halogens is 2. The predicted octanol–water partition coefficient (Wildman–Crippen LogP) is 2.82. The largest absolute Gasteiger partial charge is 0.337 e. The van der Waals surface area contributed by atoms with Crippen molar-refractivity contribution in [1.29, 1.82) is 0 Å². The molecule has 0 radical (unpaired) electrons. The molecule has 1 aliphatic heterocycles.